The Bertz CT molecular complexity index is 493. The molecule has 0 radical (unpaired) electrons. The van der Waals surface area contributed by atoms with Gasteiger partial charge in [-0.1, -0.05) is 18.2 Å². The Morgan fingerprint density at radius 1 is 1.29 bits per heavy atom. The van der Waals surface area contributed by atoms with E-state index in [1.54, 1.807) is 4.68 Å². The third-order valence-corrected chi connectivity index (χ3v) is 2.37. The van der Waals surface area contributed by atoms with Crippen LogP contribution < -0.4 is 4.74 Å². The zero-order valence-corrected chi connectivity index (χ0v) is 10.3. The Hall–Kier alpha value is -1.91. The van der Waals surface area contributed by atoms with E-state index in [1.807, 2.05) is 45.0 Å². The van der Waals surface area contributed by atoms with Crippen molar-refractivity contribution < 1.29 is 4.74 Å². The zero-order valence-electron chi connectivity index (χ0n) is 10.3. The van der Waals surface area contributed by atoms with Gasteiger partial charge in [-0.2, -0.15) is 0 Å². The minimum Gasteiger partial charge on any atom is -0.491 e. The molecule has 1 heterocycles. The van der Waals surface area contributed by atoms with Crippen molar-refractivity contribution in [2.75, 3.05) is 0 Å². The van der Waals surface area contributed by atoms with E-state index >= 15 is 0 Å². The molecule has 0 N–H and O–H groups in total. The van der Waals surface area contributed by atoms with Gasteiger partial charge in [-0.25, -0.2) is 4.68 Å². The maximum atomic E-state index is 5.75. The second kappa shape index (κ2) is 4.95. The highest BCUT2D eigenvalue weighted by Crippen LogP contribution is 2.20. The summed E-state index contributed by atoms with van der Waals surface area (Å²) >= 11 is 0. The Labute approximate surface area is 100 Å². The fourth-order valence-electron chi connectivity index (χ4n) is 1.56. The number of nitrogens with zero attached hydrogens (tertiary/aromatic N) is 4. The van der Waals surface area contributed by atoms with Crippen molar-refractivity contribution in [3.63, 3.8) is 0 Å². The van der Waals surface area contributed by atoms with E-state index in [1.165, 1.54) is 0 Å². The van der Waals surface area contributed by atoms with E-state index in [2.05, 4.69) is 15.5 Å². The smallest absolute Gasteiger partial charge is 0.148 e. The third-order valence-electron chi connectivity index (χ3n) is 2.37. The molecule has 0 fully saturated rings. The van der Waals surface area contributed by atoms with Crippen LogP contribution in [-0.2, 0) is 6.54 Å². The van der Waals surface area contributed by atoms with Crippen molar-refractivity contribution in [3.8, 4) is 5.75 Å². The van der Waals surface area contributed by atoms with Crippen LogP contribution in [0.1, 0.15) is 25.2 Å². The maximum Gasteiger partial charge on any atom is 0.148 e. The van der Waals surface area contributed by atoms with Gasteiger partial charge in [0.05, 0.1) is 12.6 Å². The number of hydrogen-bond acceptors (Lipinski definition) is 4. The highest BCUT2D eigenvalue weighted by atomic mass is 16.5. The van der Waals surface area contributed by atoms with Crippen LogP contribution in [0.2, 0.25) is 0 Å². The molecule has 0 aliphatic carbocycles. The summed E-state index contributed by atoms with van der Waals surface area (Å²) in [5.74, 6) is 1.68. The molecule has 0 aliphatic heterocycles. The molecule has 0 saturated carbocycles. The molecule has 0 bridgehead atoms. The summed E-state index contributed by atoms with van der Waals surface area (Å²) in [6.45, 7) is 6.53. The Balaban J connectivity index is 2.23. The van der Waals surface area contributed by atoms with E-state index in [9.17, 15) is 0 Å². The minimum atomic E-state index is 0.158. The van der Waals surface area contributed by atoms with Crippen molar-refractivity contribution in [1.82, 2.24) is 20.2 Å². The first-order valence-corrected chi connectivity index (χ1v) is 5.64. The van der Waals surface area contributed by atoms with Gasteiger partial charge in [0.2, 0.25) is 0 Å². The SMILES string of the molecule is Cc1nnnn1Cc1ccccc1OC(C)C. The van der Waals surface area contributed by atoms with Crippen LogP contribution in [0.25, 0.3) is 0 Å². The summed E-state index contributed by atoms with van der Waals surface area (Å²) in [4.78, 5) is 0. The first-order valence-electron chi connectivity index (χ1n) is 5.64. The maximum absolute atomic E-state index is 5.75. The van der Waals surface area contributed by atoms with Gasteiger partial charge in [0.1, 0.15) is 11.6 Å². The monoisotopic (exact) mass is 232 g/mol. The van der Waals surface area contributed by atoms with Crippen molar-refractivity contribution in [2.24, 2.45) is 0 Å². The quantitative estimate of drug-likeness (QED) is 0.806. The summed E-state index contributed by atoms with van der Waals surface area (Å²) in [5, 5.41) is 11.4. The fraction of sp³-hybridized carbons (Fsp3) is 0.417. The topological polar surface area (TPSA) is 52.8 Å². The van der Waals surface area contributed by atoms with Crippen LogP contribution in [0.3, 0.4) is 0 Å². The summed E-state index contributed by atoms with van der Waals surface area (Å²) in [5.41, 5.74) is 1.08. The Kier molecular flexibility index (Phi) is 3.37. The van der Waals surface area contributed by atoms with Crippen molar-refractivity contribution in [1.29, 1.82) is 0 Å². The summed E-state index contributed by atoms with van der Waals surface area (Å²) in [6, 6.07) is 7.95. The lowest BCUT2D eigenvalue weighted by molar-refractivity contribution is 0.239. The average molecular weight is 232 g/mol. The van der Waals surface area contributed by atoms with Crippen molar-refractivity contribution in [3.05, 3.63) is 35.7 Å². The lowest BCUT2D eigenvalue weighted by Crippen LogP contribution is -2.10. The van der Waals surface area contributed by atoms with Gasteiger partial charge in [-0.05, 0) is 37.3 Å². The molecule has 2 aromatic rings. The van der Waals surface area contributed by atoms with Crippen molar-refractivity contribution >= 4 is 0 Å². The Morgan fingerprint density at radius 2 is 2.06 bits per heavy atom. The van der Waals surface area contributed by atoms with Crippen molar-refractivity contribution in [2.45, 2.75) is 33.4 Å². The lowest BCUT2D eigenvalue weighted by atomic mass is 10.2. The normalized spacial score (nSPS) is 10.8. The van der Waals surface area contributed by atoms with Gasteiger partial charge in [0.25, 0.3) is 0 Å². The third kappa shape index (κ3) is 2.81. The molecule has 5 heteroatoms. The zero-order chi connectivity index (χ0) is 12.3. The largest absolute Gasteiger partial charge is 0.491 e. The molecular formula is C12H16N4O. The van der Waals surface area contributed by atoms with Crippen LogP contribution in [-0.4, -0.2) is 26.3 Å². The molecular weight excluding hydrogens is 216 g/mol. The molecule has 17 heavy (non-hydrogen) atoms. The molecule has 1 aromatic carbocycles. The molecule has 0 amide bonds. The number of ether oxygens (including phenoxy) is 1. The van der Waals surface area contributed by atoms with Crippen LogP contribution in [0.4, 0.5) is 0 Å². The molecule has 0 saturated heterocycles. The molecule has 1 aromatic heterocycles. The summed E-state index contributed by atoms with van der Waals surface area (Å²) < 4.78 is 7.50. The first kappa shape index (κ1) is 11.6. The second-order valence-electron chi connectivity index (χ2n) is 4.16. The minimum absolute atomic E-state index is 0.158. The lowest BCUT2D eigenvalue weighted by Gasteiger charge is -2.14. The van der Waals surface area contributed by atoms with Gasteiger partial charge in [-0.15, -0.1) is 5.10 Å². The van der Waals surface area contributed by atoms with E-state index < -0.39 is 0 Å². The number of benzene rings is 1. The van der Waals surface area contributed by atoms with Gasteiger partial charge in [0, 0.05) is 5.56 Å². The van der Waals surface area contributed by atoms with E-state index in [0.29, 0.717) is 6.54 Å². The highest BCUT2D eigenvalue weighted by molar-refractivity contribution is 5.33. The van der Waals surface area contributed by atoms with Crippen LogP contribution in [0.15, 0.2) is 24.3 Å². The average Bonchev–Trinajstić information content (AvgIpc) is 2.67. The second-order valence-corrected chi connectivity index (χ2v) is 4.16. The Morgan fingerprint density at radius 3 is 2.71 bits per heavy atom. The molecule has 5 nitrogen and oxygen atoms in total. The van der Waals surface area contributed by atoms with E-state index in [4.69, 9.17) is 4.74 Å². The number of tetrazole rings is 1. The van der Waals surface area contributed by atoms with E-state index in [-0.39, 0.29) is 6.10 Å². The number of rotatable bonds is 4. The molecule has 2 rings (SSSR count). The summed E-state index contributed by atoms with van der Waals surface area (Å²) in [7, 11) is 0. The molecule has 0 atom stereocenters. The van der Waals surface area contributed by atoms with E-state index in [0.717, 1.165) is 17.1 Å². The number of aromatic nitrogens is 4. The van der Waals surface area contributed by atoms with Crippen LogP contribution >= 0.6 is 0 Å². The molecule has 0 aliphatic rings. The van der Waals surface area contributed by atoms with Gasteiger partial charge in [-0.3, -0.25) is 0 Å². The standard InChI is InChI=1S/C12H16N4O/c1-9(2)17-12-7-5-4-6-11(12)8-16-10(3)13-14-15-16/h4-7,9H,8H2,1-3H3. The van der Waals surface area contributed by atoms with Gasteiger partial charge < -0.3 is 4.74 Å². The molecule has 0 unspecified atom stereocenters. The number of hydrogen-bond donors (Lipinski definition) is 0. The fourth-order valence-corrected chi connectivity index (χ4v) is 1.56. The predicted octanol–water partition coefficient (Wildman–Crippen LogP) is 1.82. The predicted molar refractivity (Wildman–Crippen MR) is 63.9 cm³/mol. The van der Waals surface area contributed by atoms with Crippen LogP contribution in [0.5, 0.6) is 5.75 Å². The molecule has 90 valence electrons. The van der Waals surface area contributed by atoms with Crippen LogP contribution in [0, 0.1) is 6.92 Å². The summed E-state index contributed by atoms with van der Waals surface area (Å²) in [6.07, 6.45) is 0.158. The number of aryl methyl sites for hydroxylation is 1. The number of para-hydroxylation sites is 1. The molecule has 0 spiro atoms. The van der Waals surface area contributed by atoms with Gasteiger partial charge >= 0.3 is 0 Å². The first-order chi connectivity index (χ1) is 8.16. The highest BCUT2D eigenvalue weighted by Gasteiger charge is 2.08. The van der Waals surface area contributed by atoms with Gasteiger partial charge in [0.15, 0.2) is 0 Å².